The molecule has 5 heteroatoms. The molecule has 0 aliphatic carbocycles. The van der Waals surface area contributed by atoms with Crippen molar-refractivity contribution in [3.8, 4) is 0 Å². The van der Waals surface area contributed by atoms with Crippen LogP contribution in [0.1, 0.15) is 50.9 Å². The summed E-state index contributed by atoms with van der Waals surface area (Å²) < 4.78 is 11.0. The van der Waals surface area contributed by atoms with Gasteiger partial charge in [-0.05, 0) is 38.8 Å². The van der Waals surface area contributed by atoms with Crippen molar-refractivity contribution in [3.63, 3.8) is 0 Å². The van der Waals surface area contributed by atoms with Crippen LogP contribution in [0.4, 0.5) is 0 Å². The van der Waals surface area contributed by atoms with E-state index in [0.29, 0.717) is 18.3 Å². The van der Waals surface area contributed by atoms with Gasteiger partial charge in [-0.15, -0.1) is 0 Å². The standard InChI is InChI=1S/C13H23N3O2/c1-3-5-11(17-4-2)13-15-12(18-16-13)8-10-6-7-14-9-10/h10-11,14H,3-9H2,1-2H3. The molecule has 0 amide bonds. The lowest BCUT2D eigenvalue weighted by Gasteiger charge is -2.11. The molecule has 2 atom stereocenters. The zero-order chi connectivity index (χ0) is 12.8. The highest BCUT2D eigenvalue weighted by atomic mass is 16.5. The topological polar surface area (TPSA) is 60.2 Å². The Balaban J connectivity index is 1.94. The SMILES string of the molecule is CCCC(OCC)c1noc(CC2CCNC2)n1. The predicted octanol–water partition coefficient (Wildman–Crippen LogP) is 2.10. The molecule has 102 valence electrons. The summed E-state index contributed by atoms with van der Waals surface area (Å²) in [7, 11) is 0. The molecule has 0 bridgehead atoms. The van der Waals surface area contributed by atoms with E-state index in [1.807, 2.05) is 6.92 Å². The highest BCUT2D eigenvalue weighted by Crippen LogP contribution is 2.21. The largest absolute Gasteiger partial charge is 0.370 e. The molecular weight excluding hydrogens is 230 g/mol. The van der Waals surface area contributed by atoms with E-state index in [4.69, 9.17) is 9.26 Å². The summed E-state index contributed by atoms with van der Waals surface area (Å²) >= 11 is 0. The van der Waals surface area contributed by atoms with Crippen LogP contribution in [0.5, 0.6) is 0 Å². The second kappa shape index (κ2) is 6.85. The van der Waals surface area contributed by atoms with Crippen molar-refractivity contribution < 1.29 is 9.26 Å². The summed E-state index contributed by atoms with van der Waals surface area (Å²) in [6, 6.07) is 0. The molecule has 18 heavy (non-hydrogen) atoms. The lowest BCUT2D eigenvalue weighted by atomic mass is 10.1. The van der Waals surface area contributed by atoms with Gasteiger partial charge in [0.05, 0.1) is 0 Å². The molecule has 2 heterocycles. The Labute approximate surface area is 108 Å². The Morgan fingerprint density at radius 3 is 3.06 bits per heavy atom. The number of ether oxygens (including phenoxy) is 1. The Kier molecular flexibility index (Phi) is 5.13. The van der Waals surface area contributed by atoms with Crippen molar-refractivity contribution in [2.75, 3.05) is 19.7 Å². The van der Waals surface area contributed by atoms with Crippen LogP contribution in [0.3, 0.4) is 0 Å². The average molecular weight is 253 g/mol. The number of hydrogen-bond acceptors (Lipinski definition) is 5. The highest BCUT2D eigenvalue weighted by molar-refractivity contribution is 4.93. The molecule has 1 aromatic heterocycles. The molecule has 1 aliphatic rings. The summed E-state index contributed by atoms with van der Waals surface area (Å²) in [5.74, 6) is 2.09. The first-order valence-corrected chi connectivity index (χ1v) is 6.98. The molecule has 1 aliphatic heterocycles. The van der Waals surface area contributed by atoms with Crippen molar-refractivity contribution in [1.82, 2.24) is 15.5 Å². The lowest BCUT2D eigenvalue weighted by Crippen LogP contribution is -2.11. The summed E-state index contributed by atoms with van der Waals surface area (Å²) in [5, 5.41) is 7.41. The van der Waals surface area contributed by atoms with Crippen LogP contribution in [0, 0.1) is 5.92 Å². The van der Waals surface area contributed by atoms with Crippen molar-refractivity contribution in [2.24, 2.45) is 5.92 Å². The van der Waals surface area contributed by atoms with Gasteiger partial charge in [-0.25, -0.2) is 0 Å². The molecule has 1 aromatic rings. The van der Waals surface area contributed by atoms with Gasteiger partial charge in [0.2, 0.25) is 11.7 Å². The van der Waals surface area contributed by atoms with E-state index in [-0.39, 0.29) is 6.10 Å². The van der Waals surface area contributed by atoms with Crippen LogP contribution in [-0.4, -0.2) is 29.8 Å². The first-order valence-electron chi connectivity index (χ1n) is 6.98. The van der Waals surface area contributed by atoms with Gasteiger partial charge in [0.1, 0.15) is 6.10 Å². The van der Waals surface area contributed by atoms with Crippen molar-refractivity contribution in [3.05, 3.63) is 11.7 Å². The smallest absolute Gasteiger partial charge is 0.227 e. The molecule has 5 nitrogen and oxygen atoms in total. The van der Waals surface area contributed by atoms with Gasteiger partial charge < -0.3 is 14.6 Å². The van der Waals surface area contributed by atoms with E-state index in [2.05, 4.69) is 22.4 Å². The van der Waals surface area contributed by atoms with Crippen LogP contribution in [0.25, 0.3) is 0 Å². The minimum Gasteiger partial charge on any atom is -0.370 e. The first kappa shape index (κ1) is 13.5. The zero-order valence-electron chi connectivity index (χ0n) is 11.3. The van der Waals surface area contributed by atoms with E-state index in [0.717, 1.165) is 38.2 Å². The maximum absolute atomic E-state index is 5.65. The highest BCUT2D eigenvalue weighted by Gasteiger charge is 2.21. The molecule has 0 spiro atoms. The monoisotopic (exact) mass is 253 g/mol. The first-order chi connectivity index (χ1) is 8.83. The number of nitrogens with one attached hydrogen (secondary N) is 1. The summed E-state index contributed by atoms with van der Waals surface area (Å²) in [6.45, 7) is 6.97. The average Bonchev–Trinajstić information content (AvgIpc) is 3.01. The molecule has 1 fully saturated rings. The van der Waals surface area contributed by atoms with Gasteiger partial charge in [0, 0.05) is 13.0 Å². The molecule has 1 saturated heterocycles. The third-order valence-corrected chi connectivity index (χ3v) is 3.32. The lowest BCUT2D eigenvalue weighted by molar-refractivity contribution is 0.0477. The molecule has 2 unspecified atom stereocenters. The Hall–Kier alpha value is -0.940. The molecule has 0 radical (unpaired) electrons. The van der Waals surface area contributed by atoms with Crippen LogP contribution in [-0.2, 0) is 11.2 Å². The van der Waals surface area contributed by atoms with Gasteiger partial charge >= 0.3 is 0 Å². The number of rotatable bonds is 7. The van der Waals surface area contributed by atoms with E-state index >= 15 is 0 Å². The van der Waals surface area contributed by atoms with Crippen molar-refractivity contribution >= 4 is 0 Å². The Morgan fingerprint density at radius 2 is 2.39 bits per heavy atom. The Bertz CT molecular complexity index is 342. The van der Waals surface area contributed by atoms with Gasteiger partial charge in [0.15, 0.2) is 0 Å². The quantitative estimate of drug-likeness (QED) is 0.806. The summed E-state index contributed by atoms with van der Waals surface area (Å²) in [6.07, 6.45) is 4.06. The molecule has 0 aromatic carbocycles. The summed E-state index contributed by atoms with van der Waals surface area (Å²) in [5.41, 5.74) is 0. The van der Waals surface area contributed by atoms with E-state index < -0.39 is 0 Å². The molecule has 1 N–H and O–H groups in total. The minimum absolute atomic E-state index is 0.0146. The molecule has 0 saturated carbocycles. The fourth-order valence-corrected chi connectivity index (χ4v) is 2.37. The van der Waals surface area contributed by atoms with Gasteiger partial charge in [-0.1, -0.05) is 18.5 Å². The van der Waals surface area contributed by atoms with Crippen molar-refractivity contribution in [2.45, 2.75) is 45.6 Å². The fraction of sp³-hybridized carbons (Fsp3) is 0.846. The maximum atomic E-state index is 5.65. The molecule has 2 rings (SSSR count). The van der Waals surface area contributed by atoms with Gasteiger partial charge in [-0.3, -0.25) is 0 Å². The van der Waals surface area contributed by atoms with E-state index in [1.54, 1.807) is 0 Å². The van der Waals surface area contributed by atoms with Gasteiger partial charge in [0.25, 0.3) is 0 Å². The minimum atomic E-state index is -0.0146. The third-order valence-electron chi connectivity index (χ3n) is 3.32. The van der Waals surface area contributed by atoms with Crippen LogP contribution < -0.4 is 5.32 Å². The number of aromatic nitrogens is 2. The molecular formula is C13H23N3O2. The number of nitrogens with zero attached hydrogens (tertiary/aromatic N) is 2. The normalized spacial score (nSPS) is 21.3. The maximum Gasteiger partial charge on any atom is 0.227 e. The Morgan fingerprint density at radius 1 is 1.50 bits per heavy atom. The number of hydrogen-bond donors (Lipinski definition) is 1. The summed E-state index contributed by atoms with van der Waals surface area (Å²) in [4.78, 5) is 4.48. The van der Waals surface area contributed by atoms with E-state index in [1.165, 1.54) is 6.42 Å². The zero-order valence-corrected chi connectivity index (χ0v) is 11.3. The van der Waals surface area contributed by atoms with E-state index in [9.17, 15) is 0 Å². The van der Waals surface area contributed by atoms with Crippen LogP contribution in [0.2, 0.25) is 0 Å². The third kappa shape index (κ3) is 3.53. The second-order valence-corrected chi connectivity index (χ2v) is 4.84. The predicted molar refractivity (Wildman–Crippen MR) is 68.3 cm³/mol. The van der Waals surface area contributed by atoms with Crippen LogP contribution in [0.15, 0.2) is 4.52 Å². The second-order valence-electron chi connectivity index (χ2n) is 4.84. The van der Waals surface area contributed by atoms with Crippen molar-refractivity contribution in [1.29, 1.82) is 0 Å². The van der Waals surface area contributed by atoms with Gasteiger partial charge in [-0.2, -0.15) is 4.98 Å². The van der Waals surface area contributed by atoms with Crippen LogP contribution >= 0.6 is 0 Å². The fourth-order valence-electron chi connectivity index (χ4n) is 2.37.